The highest BCUT2D eigenvalue weighted by Gasteiger charge is 2.22. The predicted octanol–water partition coefficient (Wildman–Crippen LogP) is 3.87. The maximum Gasteiger partial charge on any atom is 0.293 e. The van der Waals surface area contributed by atoms with Crippen molar-refractivity contribution in [1.82, 2.24) is 14.3 Å². The number of nitrogens with zero attached hydrogens (tertiary/aromatic N) is 3. The Kier molecular flexibility index (Phi) is 5.77. The highest BCUT2D eigenvalue weighted by atomic mass is 127. The molecule has 0 bridgehead atoms. The van der Waals surface area contributed by atoms with Crippen LogP contribution in [0.4, 0.5) is 8.78 Å². The van der Waals surface area contributed by atoms with Gasteiger partial charge in [0.2, 0.25) is 0 Å². The van der Waals surface area contributed by atoms with Gasteiger partial charge in [-0.05, 0) is 55.5 Å². The fourth-order valence-electron chi connectivity index (χ4n) is 2.57. The van der Waals surface area contributed by atoms with Gasteiger partial charge in [-0.2, -0.15) is 9.78 Å². The first-order chi connectivity index (χ1) is 13.5. The molecule has 154 valence electrons. The molecule has 2 heterocycles. The first-order valence-corrected chi connectivity index (χ1v) is 9.64. The number of ether oxygens (including phenoxy) is 2. The summed E-state index contributed by atoms with van der Waals surface area (Å²) >= 11 is 1.92. The topological polar surface area (TPSA) is 75.4 Å². The van der Waals surface area contributed by atoms with Gasteiger partial charge >= 0.3 is 0 Å². The average molecular weight is 517 g/mol. The minimum Gasteiger partial charge on any atom is -0.448 e. The van der Waals surface area contributed by atoms with Gasteiger partial charge in [0.1, 0.15) is 21.6 Å². The second-order valence-corrected chi connectivity index (χ2v) is 8.30. The number of carbonyl (C=O) groups is 1. The molecule has 0 radical (unpaired) electrons. The molecule has 0 spiro atoms. The Balaban J connectivity index is 2.08. The van der Waals surface area contributed by atoms with Crippen LogP contribution < -0.4 is 10.3 Å². The monoisotopic (exact) mass is 517 g/mol. The lowest BCUT2D eigenvalue weighted by molar-refractivity contribution is -0.00118. The quantitative estimate of drug-likeness (QED) is 0.492. The number of benzene rings is 1. The molecule has 0 unspecified atom stereocenters. The van der Waals surface area contributed by atoms with Gasteiger partial charge in [-0.25, -0.2) is 8.78 Å². The van der Waals surface area contributed by atoms with Crippen molar-refractivity contribution < 1.29 is 23.0 Å². The molecule has 0 N–H and O–H groups in total. The Morgan fingerprint density at radius 2 is 1.90 bits per heavy atom. The molecule has 0 atom stereocenters. The summed E-state index contributed by atoms with van der Waals surface area (Å²) in [7, 11) is 1.49. The van der Waals surface area contributed by atoms with Gasteiger partial charge in [-0.3, -0.25) is 9.59 Å². The number of carbonyl (C=O) groups excluding carboxylic acids is 1. The molecule has 0 fully saturated rings. The Hall–Kier alpha value is -2.34. The van der Waals surface area contributed by atoms with Crippen LogP contribution in [0.15, 0.2) is 29.1 Å². The van der Waals surface area contributed by atoms with Crippen LogP contribution in [0.2, 0.25) is 0 Å². The van der Waals surface area contributed by atoms with Gasteiger partial charge in [0.15, 0.2) is 17.3 Å². The van der Waals surface area contributed by atoms with E-state index in [0.717, 1.165) is 16.8 Å². The van der Waals surface area contributed by atoms with Gasteiger partial charge in [-0.1, -0.05) is 0 Å². The zero-order chi connectivity index (χ0) is 21.5. The minimum absolute atomic E-state index is 0.220. The van der Waals surface area contributed by atoms with Crippen molar-refractivity contribution in [2.24, 2.45) is 7.05 Å². The third kappa shape index (κ3) is 4.47. The maximum absolute atomic E-state index is 13.9. The summed E-state index contributed by atoms with van der Waals surface area (Å²) in [6.07, 6.45) is 0. The fourth-order valence-corrected chi connectivity index (χ4v) is 3.42. The van der Waals surface area contributed by atoms with Crippen LogP contribution in [0.1, 0.15) is 25.6 Å². The van der Waals surface area contributed by atoms with Crippen molar-refractivity contribution in [2.45, 2.75) is 26.4 Å². The number of rotatable bonds is 4. The summed E-state index contributed by atoms with van der Waals surface area (Å²) in [6.45, 7) is 5.23. The number of aromatic nitrogens is 3. The number of aryl methyl sites for hydroxylation is 1. The molecule has 7 nitrogen and oxygen atoms in total. The number of pyridine rings is 1. The number of hydrogen-bond acceptors (Lipinski definition) is 5. The summed E-state index contributed by atoms with van der Waals surface area (Å²) in [5, 5.41) is 4.20. The minimum atomic E-state index is -0.954. The summed E-state index contributed by atoms with van der Waals surface area (Å²) in [4.78, 5) is 25.3. The highest BCUT2D eigenvalue weighted by molar-refractivity contribution is 14.1. The van der Waals surface area contributed by atoms with Crippen LogP contribution >= 0.6 is 22.6 Å². The lowest BCUT2D eigenvalue weighted by Crippen LogP contribution is -2.27. The van der Waals surface area contributed by atoms with Gasteiger partial charge in [0.25, 0.3) is 11.5 Å². The van der Waals surface area contributed by atoms with Gasteiger partial charge in [0.05, 0.1) is 11.1 Å². The molecule has 0 amide bonds. The molecular weight excluding hydrogens is 499 g/mol. The molecule has 2 aromatic heterocycles. The van der Waals surface area contributed by atoms with Crippen LogP contribution in [0.3, 0.4) is 0 Å². The maximum atomic E-state index is 13.9. The molecule has 1 aromatic carbocycles. The zero-order valence-electron chi connectivity index (χ0n) is 16.1. The largest absolute Gasteiger partial charge is 0.448 e. The van der Waals surface area contributed by atoms with Crippen LogP contribution in [0, 0.1) is 15.3 Å². The predicted molar refractivity (Wildman–Crippen MR) is 110 cm³/mol. The van der Waals surface area contributed by atoms with Crippen molar-refractivity contribution in [2.75, 3.05) is 6.61 Å². The highest BCUT2D eigenvalue weighted by Crippen LogP contribution is 2.27. The van der Waals surface area contributed by atoms with E-state index < -0.39 is 28.7 Å². The van der Waals surface area contributed by atoms with Crippen molar-refractivity contribution in [1.29, 1.82) is 0 Å². The molecule has 0 aliphatic carbocycles. The Bertz CT molecular complexity index is 1160. The molecule has 10 heteroatoms. The summed E-state index contributed by atoms with van der Waals surface area (Å²) in [5.41, 5.74) is -0.354. The van der Waals surface area contributed by atoms with E-state index in [1.807, 2.05) is 43.4 Å². The van der Waals surface area contributed by atoms with Crippen molar-refractivity contribution in [3.8, 4) is 11.5 Å². The van der Waals surface area contributed by atoms with Gasteiger partial charge in [-0.15, -0.1) is 0 Å². The molecule has 0 aliphatic heterocycles. The summed E-state index contributed by atoms with van der Waals surface area (Å²) < 4.78 is 40.8. The SMILES string of the molecule is Cn1c(=O)c(Oc2ccc(F)cc2F)cc2c1c(I)nn2C(=O)COC(C)(C)C. The van der Waals surface area contributed by atoms with E-state index in [0.29, 0.717) is 20.8 Å². The Morgan fingerprint density at radius 3 is 2.52 bits per heavy atom. The van der Waals surface area contributed by atoms with Crippen molar-refractivity contribution >= 4 is 39.5 Å². The van der Waals surface area contributed by atoms with E-state index in [1.54, 1.807) is 0 Å². The molecule has 29 heavy (non-hydrogen) atoms. The second-order valence-electron chi connectivity index (χ2n) is 7.28. The van der Waals surface area contributed by atoms with Crippen molar-refractivity contribution in [3.63, 3.8) is 0 Å². The van der Waals surface area contributed by atoms with Crippen LogP contribution in [0.5, 0.6) is 11.5 Å². The van der Waals surface area contributed by atoms with E-state index in [9.17, 15) is 18.4 Å². The zero-order valence-corrected chi connectivity index (χ0v) is 18.3. The molecular formula is C19H18F2IN3O4. The lowest BCUT2D eigenvalue weighted by Gasteiger charge is -2.18. The van der Waals surface area contributed by atoms with E-state index >= 15 is 0 Å². The van der Waals surface area contributed by atoms with Crippen LogP contribution in [0.25, 0.3) is 11.0 Å². The standard InChI is InChI=1S/C19H18F2IN3O4/c1-19(2,3)28-9-15(26)25-12-8-14(18(27)24(4)16(12)17(22)23-25)29-13-6-5-10(20)7-11(13)21/h5-8H,9H2,1-4H3. The Morgan fingerprint density at radius 1 is 1.21 bits per heavy atom. The number of fused-ring (bicyclic) bond motifs is 1. The molecule has 0 saturated heterocycles. The average Bonchev–Trinajstić information content (AvgIpc) is 2.95. The normalized spacial score (nSPS) is 11.8. The van der Waals surface area contributed by atoms with E-state index in [-0.39, 0.29) is 18.1 Å². The lowest BCUT2D eigenvalue weighted by atomic mass is 10.2. The molecule has 3 aromatic rings. The number of halogens is 3. The van der Waals surface area contributed by atoms with Crippen molar-refractivity contribution in [3.05, 3.63) is 50.0 Å². The van der Waals surface area contributed by atoms with E-state index in [4.69, 9.17) is 9.47 Å². The summed E-state index contributed by atoms with van der Waals surface area (Å²) in [6, 6.07) is 4.06. The van der Waals surface area contributed by atoms with Crippen LogP contribution in [-0.2, 0) is 11.8 Å². The first kappa shape index (κ1) is 21.4. The van der Waals surface area contributed by atoms with E-state index in [1.165, 1.54) is 17.7 Å². The Labute approximate surface area is 178 Å². The third-order valence-electron chi connectivity index (χ3n) is 3.95. The van der Waals surface area contributed by atoms with E-state index in [2.05, 4.69) is 5.10 Å². The van der Waals surface area contributed by atoms with Gasteiger partial charge < -0.3 is 14.0 Å². The molecule has 0 aliphatic rings. The molecule has 0 saturated carbocycles. The smallest absolute Gasteiger partial charge is 0.293 e. The number of hydrogen-bond donors (Lipinski definition) is 0. The third-order valence-corrected chi connectivity index (χ3v) is 4.68. The van der Waals surface area contributed by atoms with Gasteiger partial charge in [0, 0.05) is 19.2 Å². The first-order valence-electron chi connectivity index (χ1n) is 8.56. The summed E-state index contributed by atoms with van der Waals surface area (Å²) in [5.74, 6) is -2.70. The molecule has 3 rings (SSSR count). The fraction of sp³-hybridized carbons (Fsp3) is 0.316. The second kappa shape index (κ2) is 7.82. The van der Waals surface area contributed by atoms with Crippen LogP contribution in [-0.4, -0.2) is 32.5 Å².